The van der Waals surface area contributed by atoms with Crippen LogP contribution in [0.3, 0.4) is 0 Å². The van der Waals surface area contributed by atoms with Crippen molar-refractivity contribution in [1.82, 2.24) is 14.8 Å². The van der Waals surface area contributed by atoms with Crippen LogP contribution in [-0.2, 0) is 0 Å². The van der Waals surface area contributed by atoms with Crippen LogP contribution >= 0.6 is 38.9 Å². The Balaban J connectivity index is 1.63. The lowest BCUT2D eigenvalue weighted by Gasteiger charge is -2.38. The molecule has 5 nitrogen and oxygen atoms in total. The maximum absolute atomic E-state index is 6.57. The van der Waals surface area contributed by atoms with E-state index in [1.807, 2.05) is 35.0 Å². The Bertz CT molecular complexity index is 1280. The molecule has 0 amide bonds. The third-order valence-corrected chi connectivity index (χ3v) is 7.05. The second kappa shape index (κ2) is 6.97. The van der Waals surface area contributed by atoms with E-state index in [1.165, 1.54) is 4.88 Å². The highest BCUT2D eigenvalue weighted by molar-refractivity contribution is 9.10. The number of aromatic nitrogens is 3. The molecule has 2 aliphatic rings. The summed E-state index contributed by atoms with van der Waals surface area (Å²) in [7, 11) is 0. The predicted molar refractivity (Wildman–Crippen MR) is 122 cm³/mol. The second-order valence-electron chi connectivity index (χ2n) is 7.09. The Hall–Kier alpha value is -2.61. The van der Waals surface area contributed by atoms with Crippen molar-refractivity contribution in [2.75, 3.05) is 5.32 Å². The maximum atomic E-state index is 6.57. The summed E-state index contributed by atoms with van der Waals surface area (Å²) in [5, 5.41) is 10.8. The first-order valence-electron chi connectivity index (χ1n) is 9.35. The van der Waals surface area contributed by atoms with Crippen LogP contribution in [-0.4, -0.2) is 14.8 Å². The van der Waals surface area contributed by atoms with E-state index >= 15 is 0 Å². The van der Waals surface area contributed by atoms with Gasteiger partial charge in [0.2, 0.25) is 5.95 Å². The molecule has 0 saturated carbocycles. The molecule has 1 N–H and O–H groups in total. The molecule has 30 heavy (non-hydrogen) atoms. The van der Waals surface area contributed by atoms with Gasteiger partial charge in [-0.1, -0.05) is 45.7 Å². The molecule has 2 aliphatic heterocycles. The monoisotopic (exact) mass is 496 g/mol. The van der Waals surface area contributed by atoms with E-state index < -0.39 is 0 Å². The quantitative estimate of drug-likeness (QED) is 0.352. The zero-order valence-corrected chi connectivity index (χ0v) is 18.6. The summed E-state index contributed by atoms with van der Waals surface area (Å²) in [5.41, 5.74) is 4.07. The fourth-order valence-electron chi connectivity index (χ4n) is 4.07. The minimum absolute atomic E-state index is 0.125. The van der Waals surface area contributed by atoms with Gasteiger partial charge in [0.25, 0.3) is 0 Å². The Kier molecular flexibility index (Phi) is 4.23. The van der Waals surface area contributed by atoms with E-state index in [9.17, 15) is 0 Å². The van der Waals surface area contributed by atoms with Crippen LogP contribution in [0.1, 0.15) is 28.1 Å². The van der Waals surface area contributed by atoms with Crippen molar-refractivity contribution in [3.8, 4) is 5.75 Å². The largest absolute Gasteiger partial charge is 0.480 e. The van der Waals surface area contributed by atoms with Gasteiger partial charge < -0.3 is 10.1 Å². The third-order valence-electron chi connectivity index (χ3n) is 5.36. The number of ether oxygens (including phenoxy) is 1. The molecule has 0 aliphatic carbocycles. The van der Waals surface area contributed by atoms with Crippen molar-refractivity contribution in [3.63, 3.8) is 0 Å². The number of fused-ring (bicyclic) bond motifs is 3. The normalized spacial score (nSPS) is 19.4. The van der Waals surface area contributed by atoms with Crippen LogP contribution in [0.15, 0.2) is 76.4 Å². The molecule has 0 fully saturated rings. The molecule has 0 radical (unpaired) electrons. The molecule has 0 bridgehead atoms. The van der Waals surface area contributed by atoms with Gasteiger partial charge in [0, 0.05) is 25.5 Å². The molecule has 2 atom stereocenters. The summed E-state index contributed by atoms with van der Waals surface area (Å²) in [6.07, 6.45) is 1.30. The van der Waals surface area contributed by atoms with Crippen molar-refractivity contribution in [2.45, 2.75) is 12.1 Å². The molecule has 2 aromatic carbocycles. The van der Waals surface area contributed by atoms with Gasteiger partial charge in [0.1, 0.15) is 24.2 Å². The topological polar surface area (TPSA) is 52.0 Å². The van der Waals surface area contributed by atoms with Gasteiger partial charge in [0.15, 0.2) is 0 Å². The number of hydrogen-bond donors (Lipinski definition) is 1. The highest BCUT2D eigenvalue weighted by atomic mass is 79.9. The number of nitrogens with one attached hydrogen (secondary N) is 1. The first-order chi connectivity index (χ1) is 14.7. The third kappa shape index (κ3) is 2.80. The van der Waals surface area contributed by atoms with E-state index in [1.54, 1.807) is 17.7 Å². The van der Waals surface area contributed by atoms with Crippen LogP contribution in [0, 0.1) is 0 Å². The Morgan fingerprint density at radius 2 is 2.00 bits per heavy atom. The molecule has 0 spiro atoms. The smallest absolute Gasteiger partial charge is 0.226 e. The van der Waals surface area contributed by atoms with Crippen LogP contribution < -0.4 is 10.1 Å². The fourth-order valence-corrected chi connectivity index (χ4v) is 5.34. The van der Waals surface area contributed by atoms with E-state index in [2.05, 4.69) is 61.0 Å². The Morgan fingerprint density at radius 3 is 2.80 bits per heavy atom. The lowest BCUT2D eigenvalue weighted by atomic mass is 9.87. The van der Waals surface area contributed by atoms with E-state index in [0.717, 1.165) is 32.6 Å². The van der Waals surface area contributed by atoms with E-state index in [0.29, 0.717) is 11.0 Å². The summed E-state index contributed by atoms with van der Waals surface area (Å²) in [5.74, 6) is 1.49. The zero-order valence-electron chi connectivity index (χ0n) is 15.4. The van der Waals surface area contributed by atoms with Crippen LogP contribution in [0.2, 0.25) is 5.02 Å². The second-order valence-corrected chi connectivity index (χ2v) is 9.42. The number of anilines is 1. The lowest BCUT2D eigenvalue weighted by Crippen LogP contribution is -2.32. The van der Waals surface area contributed by atoms with Gasteiger partial charge in [-0.15, -0.1) is 11.3 Å². The molecule has 0 saturated heterocycles. The van der Waals surface area contributed by atoms with Crippen molar-refractivity contribution >= 4 is 50.5 Å². The average molecular weight is 498 g/mol. The van der Waals surface area contributed by atoms with Crippen molar-refractivity contribution < 1.29 is 4.74 Å². The molecule has 4 aromatic rings. The number of thiophene rings is 1. The van der Waals surface area contributed by atoms with E-state index in [-0.39, 0.29) is 12.1 Å². The lowest BCUT2D eigenvalue weighted by molar-refractivity contribution is 0.223. The van der Waals surface area contributed by atoms with Crippen molar-refractivity contribution in [3.05, 3.63) is 97.4 Å². The standard InChI is InChI=1S/C22H14BrClN4OS/c23-13-5-3-12(4-6-13)21-18-19(15-10-14(24)7-8-16(15)29-21)27-22-25-11-26-28(22)20(18)17-2-1-9-30-17/h1-11,20-21H,(H,25,26,27)/t20-,21-/m0/s1. The number of benzene rings is 2. The maximum Gasteiger partial charge on any atom is 0.226 e. The van der Waals surface area contributed by atoms with Crippen molar-refractivity contribution in [1.29, 1.82) is 0 Å². The van der Waals surface area contributed by atoms with Crippen molar-refractivity contribution in [2.24, 2.45) is 0 Å². The first-order valence-corrected chi connectivity index (χ1v) is 11.4. The predicted octanol–water partition coefficient (Wildman–Crippen LogP) is 6.32. The molecule has 148 valence electrons. The van der Waals surface area contributed by atoms with Gasteiger partial charge in [-0.3, -0.25) is 0 Å². The minimum atomic E-state index is -0.279. The molecule has 0 unspecified atom stereocenters. The summed E-state index contributed by atoms with van der Waals surface area (Å²) in [6.45, 7) is 0. The highest BCUT2D eigenvalue weighted by Crippen LogP contribution is 2.51. The number of hydrogen-bond acceptors (Lipinski definition) is 5. The van der Waals surface area contributed by atoms with Gasteiger partial charge >= 0.3 is 0 Å². The number of rotatable bonds is 2. The first kappa shape index (κ1) is 18.2. The zero-order chi connectivity index (χ0) is 20.2. The fraction of sp³-hybridized carbons (Fsp3) is 0.0909. The summed E-state index contributed by atoms with van der Waals surface area (Å²) < 4.78 is 9.53. The Labute approximate surface area is 190 Å². The summed E-state index contributed by atoms with van der Waals surface area (Å²) >= 11 is 11.6. The molecule has 2 aromatic heterocycles. The Morgan fingerprint density at radius 1 is 1.13 bits per heavy atom. The molecule has 6 rings (SSSR count). The van der Waals surface area contributed by atoms with Crippen LogP contribution in [0.25, 0.3) is 5.70 Å². The highest BCUT2D eigenvalue weighted by Gasteiger charge is 2.41. The summed E-state index contributed by atoms with van der Waals surface area (Å²) in [6, 6.07) is 18.0. The van der Waals surface area contributed by atoms with Gasteiger partial charge in [-0.2, -0.15) is 10.1 Å². The van der Waals surface area contributed by atoms with Crippen LogP contribution in [0.4, 0.5) is 5.95 Å². The van der Waals surface area contributed by atoms with Gasteiger partial charge in [-0.05, 0) is 47.3 Å². The number of nitrogens with zero attached hydrogens (tertiary/aromatic N) is 3. The van der Waals surface area contributed by atoms with Crippen LogP contribution in [0.5, 0.6) is 5.75 Å². The molecular formula is C22H14BrClN4OS. The summed E-state index contributed by atoms with van der Waals surface area (Å²) in [4.78, 5) is 5.62. The molecule has 4 heterocycles. The SMILES string of the molecule is Clc1ccc2c(c1)C1=C([C@H](c3ccc(Br)cc3)O2)[C@H](c2cccs2)n2ncnc2N1. The van der Waals surface area contributed by atoms with Gasteiger partial charge in [-0.25, -0.2) is 4.68 Å². The molecular weight excluding hydrogens is 484 g/mol. The minimum Gasteiger partial charge on any atom is -0.480 e. The average Bonchev–Trinajstić information content (AvgIpc) is 3.44. The number of halogens is 2. The van der Waals surface area contributed by atoms with E-state index in [4.69, 9.17) is 16.3 Å². The molecule has 8 heteroatoms. The van der Waals surface area contributed by atoms with Gasteiger partial charge in [0.05, 0.1) is 5.70 Å².